The predicted molar refractivity (Wildman–Crippen MR) is 120 cm³/mol. The van der Waals surface area contributed by atoms with E-state index >= 15 is 0 Å². The summed E-state index contributed by atoms with van der Waals surface area (Å²) in [7, 11) is 0. The number of anilines is 1. The van der Waals surface area contributed by atoms with Crippen molar-refractivity contribution >= 4 is 36.7 Å². The Hall–Kier alpha value is -1.15. The topological polar surface area (TPSA) is 73.4 Å². The van der Waals surface area contributed by atoms with Crippen molar-refractivity contribution in [2.45, 2.75) is 38.1 Å². The number of carbonyl (C=O) groups excluding carboxylic acids is 1. The summed E-state index contributed by atoms with van der Waals surface area (Å²) in [4.78, 5) is 25.6. The summed E-state index contributed by atoms with van der Waals surface area (Å²) in [6.07, 6.45) is 8.65. The zero-order valence-electron chi connectivity index (χ0n) is 17.0. The lowest BCUT2D eigenvalue weighted by molar-refractivity contribution is -0.131. The SMILES string of the molecule is Cl.Cl.O=C(CCC[C@@H]1NC[C@@H]2CNC[C@H]1C2)N1CCCN(c2ncccn2)CC1. The molecule has 3 aliphatic rings. The van der Waals surface area contributed by atoms with E-state index in [0.29, 0.717) is 18.4 Å². The lowest BCUT2D eigenvalue weighted by Crippen LogP contribution is -2.54. The van der Waals surface area contributed by atoms with Crippen LogP contribution < -0.4 is 15.5 Å². The molecule has 1 amide bonds. The van der Waals surface area contributed by atoms with E-state index in [2.05, 4.69) is 25.5 Å². The summed E-state index contributed by atoms with van der Waals surface area (Å²) >= 11 is 0. The zero-order chi connectivity index (χ0) is 18.5. The molecule has 0 radical (unpaired) electrons. The molecule has 4 heterocycles. The van der Waals surface area contributed by atoms with E-state index < -0.39 is 0 Å². The van der Waals surface area contributed by atoms with Crippen LogP contribution in [0, 0.1) is 11.8 Å². The number of fused-ring (bicyclic) bond motifs is 2. The summed E-state index contributed by atoms with van der Waals surface area (Å²) in [5, 5.41) is 7.29. The van der Waals surface area contributed by atoms with Gasteiger partial charge in [0.2, 0.25) is 11.9 Å². The van der Waals surface area contributed by atoms with Gasteiger partial charge in [-0.3, -0.25) is 4.79 Å². The Kier molecular flexibility index (Phi) is 9.89. The fourth-order valence-electron chi connectivity index (χ4n) is 4.80. The molecule has 1 aromatic rings. The van der Waals surface area contributed by atoms with Gasteiger partial charge in [0.15, 0.2) is 0 Å². The maximum atomic E-state index is 12.7. The van der Waals surface area contributed by atoms with Crippen molar-refractivity contribution in [2.24, 2.45) is 11.8 Å². The average molecular weight is 445 g/mol. The van der Waals surface area contributed by atoms with E-state index in [1.165, 1.54) is 6.42 Å². The Morgan fingerprint density at radius 2 is 1.90 bits per heavy atom. The molecule has 3 atom stereocenters. The zero-order valence-corrected chi connectivity index (χ0v) is 18.6. The first-order valence-corrected chi connectivity index (χ1v) is 10.5. The molecule has 1 aromatic heterocycles. The fourth-order valence-corrected chi connectivity index (χ4v) is 4.80. The van der Waals surface area contributed by atoms with E-state index in [1.54, 1.807) is 12.4 Å². The maximum absolute atomic E-state index is 12.7. The van der Waals surface area contributed by atoms with Gasteiger partial charge >= 0.3 is 0 Å². The maximum Gasteiger partial charge on any atom is 0.225 e. The van der Waals surface area contributed by atoms with E-state index in [1.807, 2.05) is 11.0 Å². The highest BCUT2D eigenvalue weighted by Gasteiger charge is 2.32. The van der Waals surface area contributed by atoms with Crippen LogP contribution >= 0.6 is 24.8 Å². The van der Waals surface area contributed by atoms with Crippen molar-refractivity contribution < 1.29 is 4.79 Å². The Balaban J connectivity index is 0.00000150. The minimum Gasteiger partial charge on any atom is -0.341 e. The van der Waals surface area contributed by atoms with Crippen molar-refractivity contribution in [1.82, 2.24) is 25.5 Å². The van der Waals surface area contributed by atoms with Gasteiger partial charge in [0.1, 0.15) is 0 Å². The van der Waals surface area contributed by atoms with Crippen molar-refractivity contribution in [2.75, 3.05) is 50.7 Å². The fraction of sp³-hybridized carbons (Fsp3) is 0.750. The van der Waals surface area contributed by atoms with Crippen LogP contribution in [-0.2, 0) is 4.79 Å². The second kappa shape index (κ2) is 11.9. The highest BCUT2D eigenvalue weighted by Crippen LogP contribution is 2.26. The molecular weight excluding hydrogens is 411 g/mol. The molecule has 29 heavy (non-hydrogen) atoms. The average Bonchev–Trinajstić information content (AvgIpc) is 2.97. The lowest BCUT2D eigenvalue weighted by atomic mass is 9.80. The van der Waals surface area contributed by atoms with Crippen LogP contribution in [0.15, 0.2) is 18.5 Å². The normalized spacial score (nSPS) is 26.7. The van der Waals surface area contributed by atoms with Crippen LogP contribution in [0.5, 0.6) is 0 Å². The number of hydrogen-bond donors (Lipinski definition) is 2. The van der Waals surface area contributed by atoms with Gasteiger partial charge < -0.3 is 20.4 Å². The van der Waals surface area contributed by atoms with Crippen molar-refractivity contribution in [3.63, 3.8) is 0 Å². The third-order valence-corrected chi connectivity index (χ3v) is 6.30. The van der Waals surface area contributed by atoms with Crippen LogP contribution in [0.3, 0.4) is 0 Å². The number of aromatic nitrogens is 2. The Morgan fingerprint density at radius 1 is 1.07 bits per heavy atom. The van der Waals surface area contributed by atoms with Gasteiger partial charge in [-0.1, -0.05) is 0 Å². The smallest absolute Gasteiger partial charge is 0.225 e. The minimum atomic E-state index is 0. The molecule has 3 saturated heterocycles. The van der Waals surface area contributed by atoms with Crippen LogP contribution in [0.4, 0.5) is 5.95 Å². The molecule has 0 aromatic carbocycles. The van der Waals surface area contributed by atoms with Crippen molar-refractivity contribution in [1.29, 1.82) is 0 Å². The number of piperidine rings is 2. The molecule has 3 fully saturated rings. The predicted octanol–water partition coefficient (Wildman–Crippen LogP) is 1.73. The minimum absolute atomic E-state index is 0. The molecule has 3 aliphatic heterocycles. The number of nitrogens with zero attached hydrogens (tertiary/aromatic N) is 4. The molecule has 0 saturated carbocycles. The first-order valence-electron chi connectivity index (χ1n) is 10.5. The lowest BCUT2D eigenvalue weighted by Gasteiger charge is -2.41. The quantitative estimate of drug-likeness (QED) is 0.719. The number of halogens is 2. The monoisotopic (exact) mass is 444 g/mol. The molecule has 0 unspecified atom stereocenters. The number of rotatable bonds is 5. The second-order valence-corrected chi connectivity index (χ2v) is 8.20. The van der Waals surface area contributed by atoms with Gasteiger partial charge in [0.05, 0.1) is 0 Å². The van der Waals surface area contributed by atoms with Gasteiger partial charge in [-0.15, -0.1) is 24.8 Å². The highest BCUT2D eigenvalue weighted by molar-refractivity contribution is 5.85. The molecule has 2 bridgehead atoms. The van der Waals surface area contributed by atoms with E-state index in [-0.39, 0.29) is 24.8 Å². The Morgan fingerprint density at radius 3 is 2.72 bits per heavy atom. The van der Waals surface area contributed by atoms with Crippen LogP contribution in [0.1, 0.15) is 32.1 Å². The van der Waals surface area contributed by atoms with Gasteiger partial charge in [0, 0.05) is 51.0 Å². The van der Waals surface area contributed by atoms with Crippen LogP contribution in [-0.4, -0.2) is 72.6 Å². The summed E-state index contributed by atoms with van der Waals surface area (Å²) in [6.45, 7) is 6.77. The Bertz CT molecular complexity index is 622. The largest absolute Gasteiger partial charge is 0.341 e. The van der Waals surface area contributed by atoms with Gasteiger partial charge in [-0.25, -0.2) is 9.97 Å². The summed E-state index contributed by atoms with van der Waals surface area (Å²) in [6, 6.07) is 2.42. The van der Waals surface area contributed by atoms with Gasteiger partial charge in [-0.05, 0) is 63.2 Å². The summed E-state index contributed by atoms with van der Waals surface area (Å²) in [5.74, 6) is 2.62. The van der Waals surface area contributed by atoms with E-state index in [4.69, 9.17) is 0 Å². The van der Waals surface area contributed by atoms with Crippen LogP contribution in [0.2, 0.25) is 0 Å². The summed E-state index contributed by atoms with van der Waals surface area (Å²) < 4.78 is 0. The van der Waals surface area contributed by atoms with Crippen molar-refractivity contribution in [3.05, 3.63) is 18.5 Å². The molecule has 2 N–H and O–H groups in total. The first-order chi connectivity index (χ1) is 13.3. The van der Waals surface area contributed by atoms with Gasteiger partial charge in [-0.2, -0.15) is 0 Å². The molecular formula is C20H34Cl2N6O. The Labute approximate surface area is 186 Å². The van der Waals surface area contributed by atoms with Crippen LogP contribution in [0.25, 0.3) is 0 Å². The molecule has 7 nitrogen and oxygen atoms in total. The molecule has 9 heteroatoms. The van der Waals surface area contributed by atoms with Gasteiger partial charge in [0.25, 0.3) is 0 Å². The van der Waals surface area contributed by atoms with E-state index in [0.717, 1.165) is 82.9 Å². The molecule has 4 rings (SSSR count). The highest BCUT2D eigenvalue weighted by atomic mass is 35.5. The third-order valence-electron chi connectivity index (χ3n) is 6.30. The molecule has 164 valence electrons. The number of nitrogens with one attached hydrogen (secondary N) is 2. The molecule has 0 aliphatic carbocycles. The molecule has 0 spiro atoms. The third kappa shape index (κ3) is 6.41. The number of amides is 1. The standard InChI is InChI=1S/C20H32N6O.2ClH/c27-19(5-1-4-18-17-12-16(14-24-18)13-21-15-17)25-8-3-9-26(11-10-25)20-22-6-2-7-23-20;;/h2,6-7,16-18,21,24H,1,3-5,8-15H2;2*1H/t16-,17+,18-;;/m0../s1. The number of hydrogen-bond acceptors (Lipinski definition) is 6. The second-order valence-electron chi connectivity index (χ2n) is 8.20. The van der Waals surface area contributed by atoms with E-state index in [9.17, 15) is 4.79 Å². The first kappa shape index (κ1) is 24.1. The van der Waals surface area contributed by atoms with Crippen molar-refractivity contribution in [3.8, 4) is 0 Å². The number of carbonyl (C=O) groups is 1. The summed E-state index contributed by atoms with van der Waals surface area (Å²) in [5.41, 5.74) is 0.